The molecule has 0 fully saturated rings. The van der Waals surface area contributed by atoms with Gasteiger partial charge in [-0.2, -0.15) is 0 Å². The molecule has 2 aromatic carbocycles. The predicted octanol–water partition coefficient (Wildman–Crippen LogP) is 3.41. The number of hydrogen-bond acceptors (Lipinski definition) is 2. The average molecular weight is 270 g/mol. The van der Waals surface area contributed by atoms with Crippen LogP contribution in [-0.4, -0.2) is 12.7 Å². The number of carbonyl (C=O) groups excluding carboxylic acids is 1. The van der Waals surface area contributed by atoms with Crippen LogP contribution in [0.25, 0.3) is 0 Å². The molecule has 0 spiro atoms. The van der Waals surface area contributed by atoms with Crippen molar-refractivity contribution in [2.24, 2.45) is 0 Å². The minimum absolute atomic E-state index is 0.133. The summed E-state index contributed by atoms with van der Waals surface area (Å²) in [5, 5.41) is 13.1. The predicted molar refractivity (Wildman–Crippen MR) is 75.9 cm³/mol. The molecule has 0 unspecified atom stereocenters. The highest BCUT2D eigenvalue weighted by Crippen LogP contribution is 2.11. The number of nitrogens with one attached hydrogen (secondary N) is 1. The summed E-state index contributed by atoms with van der Waals surface area (Å²) in [4.78, 5) is 11.6. The van der Waals surface area contributed by atoms with Crippen molar-refractivity contribution in [3.05, 3.63) is 65.7 Å². The molecule has 0 aromatic heterocycles. The Kier molecular flexibility index (Phi) is 5.15. The summed E-state index contributed by atoms with van der Waals surface area (Å²) in [6.45, 7) is 0.104. The molecule has 20 heavy (non-hydrogen) atoms. The molecule has 103 valence electrons. The maximum absolute atomic E-state index is 11.6. The summed E-state index contributed by atoms with van der Waals surface area (Å²) in [5.74, 6) is 0. The standard InChI is InChI=1S/C16H16NO3/c18-11-10-13-6-8-15(9-7-13)17-16(19)20-12-14-4-2-1-3-5-14/h1-9H,10-12H2,(H,17,19). The van der Waals surface area contributed by atoms with E-state index < -0.39 is 6.09 Å². The zero-order chi connectivity index (χ0) is 14.2. The van der Waals surface area contributed by atoms with Gasteiger partial charge in [0.05, 0.1) is 6.61 Å². The van der Waals surface area contributed by atoms with Gasteiger partial charge in [0.2, 0.25) is 0 Å². The third kappa shape index (κ3) is 4.40. The summed E-state index contributed by atoms with van der Waals surface area (Å²) in [7, 11) is 0. The Morgan fingerprint density at radius 1 is 0.950 bits per heavy atom. The first-order valence-electron chi connectivity index (χ1n) is 6.42. The Labute approximate surface area is 118 Å². The summed E-state index contributed by atoms with van der Waals surface area (Å²) in [6, 6.07) is 16.7. The molecule has 0 atom stereocenters. The topological polar surface area (TPSA) is 58.2 Å². The van der Waals surface area contributed by atoms with Gasteiger partial charge in [-0.25, -0.2) is 9.90 Å². The Bertz CT molecular complexity index is 537. The van der Waals surface area contributed by atoms with Gasteiger partial charge in [0.25, 0.3) is 0 Å². The van der Waals surface area contributed by atoms with Crippen LogP contribution in [0.5, 0.6) is 0 Å². The molecule has 4 heteroatoms. The van der Waals surface area contributed by atoms with Crippen LogP contribution in [0.3, 0.4) is 0 Å². The van der Waals surface area contributed by atoms with Crippen molar-refractivity contribution in [3.63, 3.8) is 0 Å². The first-order chi connectivity index (χ1) is 9.78. The molecule has 1 amide bonds. The molecule has 0 heterocycles. The normalized spacial score (nSPS) is 10.1. The molecule has 1 radical (unpaired) electrons. The number of rotatable bonds is 5. The third-order valence-corrected chi connectivity index (χ3v) is 2.80. The Balaban J connectivity index is 1.82. The van der Waals surface area contributed by atoms with Crippen molar-refractivity contribution < 1.29 is 14.6 Å². The van der Waals surface area contributed by atoms with E-state index in [0.717, 1.165) is 11.1 Å². The lowest BCUT2D eigenvalue weighted by molar-refractivity contribution is 0.155. The number of anilines is 1. The quantitative estimate of drug-likeness (QED) is 0.905. The smallest absolute Gasteiger partial charge is 0.411 e. The highest BCUT2D eigenvalue weighted by atomic mass is 16.5. The van der Waals surface area contributed by atoms with Crippen molar-refractivity contribution in [1.82, 2.24) is 0 Å². The van der Waals surface area contributed by atoms with Gasteiger partial charge in [0, 0.05) is 5.69 Å². The van der Waals surface area contributed by atoms with E-state index in [1.54, 1.807) is 12.1 Å². The molecule has 0 aliphatic rings. The molecular weight excluding hydrogens is 254 g/mol. The van der Waals surface area contributed by atoms with E-state index in [1.165, 1.54) is 0 Å². The van der Waals surface area contributed by atoms with Crippen molar-refractivity contribution in [2.75, 3.05) is 11.9 Å². The maximum atomic E-state index is 11.6. The molecule has 0 aliphatic heterocycles. The van der Waals surface area contributed by atoms with Crippen LogP contribution in [0.15, 0.2) is 54.6 Å². The van der Waals surface area contributed by atoms with Crippen LogP contribution >= 0.6 is 0 Å². The zero-order valence-electron chi connectivity index (χ0n) is 11.0. The van der Waals surface area contributed by atoms with Gasteiger partial charge in [-0.1, -0.05) is 42.5 Å². The molecule has 0 aliphatic carbocycles. The van der Waals surface area contributed by atoms with Gasteiger partial charge >= 0.3 is 6.09 Å². The average Bonchev–Trinajstić information content (AvgIpc) is 2.49. The van der Waals surface area contributed by atoms with E-state index in [1.807, 2.05) is 42.5 Å². The lowest BCUT2D eigenvalue weighted by atomic mass is 10.1. The highest BCUT2D eigenvalue weighted by Gasteiger charge is 2.03. The van der Waals surface area contributed by atoms with E-state index in [0.29, 0.717) is 12.1 Å². The van der Waals surface area contributed by atoms with Gasteiger partial charge in [0.1, 0.15) is 6.61 Å². The number of amides is 1. The van der Waals surface area contributed by atoms with E-state index in [4.69, 9.17) is 4.74 Å². The summed E-state index contributed by atoms with van der Waals surface area (Å²) in [6.07, 6.45) is 0.00377. The van der Waals surface area contributed by atoms with Crippen molar-refractivity contribution in [3.8, 4) is 0 Å². The van der Waals surface area contributed by atoms with Crippen molar-refractivity contribution in [2.45, 2.75) is 13.0 Å². The minimum atomic E-state index is -0.495. The fourth-order valence-corrected chi connectivity index (χ4v) is 1.75. The second kappa shape index (κ2) is 7.31. The van der Waals surface area contributed by atoms with Crippen LogP contribution in [0.4, 0.5) is 10.5 Å². The fraction of sp³-hybridized carbons (Fsp3) is 0.188. The van der Waals surface area contributed by atoms with Gasteiger partial charge in [-0.3, -0.25) is 5.32 Å². The van der Waals surface area contributed by atoms with Crippen molar-refractivity contribution in [1.29, 1.82) is 0 Å². The second-order valence-electron chi connectivity index (χ2n) is 4.34. The van der Waals surface area contributed by atoms with Gasteiger partial charge < -0.3 is 4.74 Å². The van der Waals surface area contributed by atoms with E-state index in [-0.39, 0.29) is 13.2 Å². The van der Waals surface area contributed by atoms with E-state index in [9.17, 15) is 9.90 Å². The van der Waals surface area contributed by atoms with Crippen LogP contribution in [0.2, 0.25) is 0 Å². The molecule has 0 saturated carbocycles. The molecule has 0 saturated heterocycles. The Hall–Kier alpha value is -2.33. The Morgan fingerprint density at radius 3 is 2.30 bits per heavy atom. The van der Waals surface area contributed by atoms with Crippen LogP contribution in [-0.2, 0) is 22.9 Å². The largest absolute Gasteiger partial charge is 0.444 e. The maximum Gasteiger partial charge on any atom is 0.411 e. The zero-order valence-corrected chi connectivity index (χ0v) is 11.0. The Morgan fingerprint density at radius 2 is 1.65 bits per heavy atom. The highest BCUT2D eigenvalue weighted by molar-refractivity contribution is 5.84. The van der Waals surface area contributed by atoms with E-state index >= 15 is 0 Å². The third-order valence-electron chi connectivity index (χ3n) is 2.80. The first-order valence-corrected chi connectivity index (χ1v) is 6.42. The van der Waals surface area contributed by atoms with Crippen molar-refractivity contribution >= 4 is 11.8 Å². The molecule has 1 N–H and O–H groups in total. The number of ether oxygens (including phenoxy) is 1. The number of benzene rings is 2. The lowest BCUT2D eigenvalue weighted by Crippen LogP contribution is -2.13. The summed E-state index contributed by atoms with van der Waals surface area (Å²) >= 11 is 0. The molecule has 4 nitrogen and oxygen atoms in total. The molecule has 2 aromatic rings. The number of hydrogen-bond donors (Lipinski definition) is 1. The monoisotopic (exact) mass is 270 g/mol. The van der Waals surface area contributed by atoms with Gasteiger partial charge in [-0.05, 0) is 29.7 Å². The second-order valence-corrected chi connectivity index (χ2v) is 4.34. The van der Waals surface area contributed by atoms with E-state index in [2.05, 4.69) is 5.32 Å². The van der Waals surface area contributed by atoms with Crippen LogP contribution in [0.1, 0.15) is 11.1 Å². The van der Waals surface area contributed by atoms with Gasteiger partial charge in [-0.15, -0.1) is 0 Å². The van der Waals surface area contributed by atoms with Crippen LogP contribution < -0.4 is 5.32 Å². The summed E-state index contributed by atoms with van der Waals surface area (Å²) < 4.78 is 5.11. The molecular formula is C16H16NO3. The SMILES string of the molecule is [O]CCc1ccc(NC(=O)OCc2ccccc2)cc1. The molecule has 0 bridgehead atoms. The summed E-state index contributed by atoms with van der Waals surface area (Å²) in [5.41, 5.74) is 2.55. The molecule has 2 rings (SSSR count). The lowest BCUT2D eigenvalue weighted by Gasteiger charge is -2.07. The minimum Gasteiger partial charge on any atom is -0.444 e. The van der Waals surface area contributed by atoms with Gasteiger partial charge in [0.15, 0.2) is 0 Å². The van der Waals surface area contributed by atoms with Crippen LogP contribution in [0, 0.1) is 0 Å². The first kappa shape index (κ1) is 14.1. The number of carbonyl (C=O) groups is 1. The fourth-order valence-electron chi connectivity index (χ4n) is 1.75.